The normalized spacial score (nSPS) is 16.6. The molecule has 1 aromatic carbocycles. The Morgan fingerprint density at radius 3 is 2.84 bits per heavy atom. The number of nitrogens with zero attached hydrogens (tertiary/aromatic N) is 1. The maximum Gasteiger partial charge on any atom is 0.240 e. The number of hydrogen-bond donors (Lipinski definition) is 2. The van der Waals surface area contributed by atoms with Crippen molar-refractivity contribution in [2.24, 2.45) is 0 Å². The van der Waals surface area contributed by atoms with E-state index in [9.17, 15) is 8.42 Å². The molecular weight excluding hydrogens is 266 g/mol. The lowest BCUT2D eigenvalue weighted by atomic mass is 10.2. The third-order valence-electron chi connectivity index (χ3n) is 2.92. The van der Waals surface area contributed by atoms with Gasteiger partial charge in [-0.3, -0.25) is 9.90 Å². The first-order chi connectivity index (χ1) is 9.04. The van der Waals surface area contributed by atoms with E-state index < -0.39 is 10.0 Å². The Bertz CT molecular complexity index is 539. The quantitative estimate of drug-likeness (QED) is 0.809. The summed E-state index contributed by atoms with van der Waals surface area (Å²) in [5.41, 5.74) is 7.02. The molecule has 1 aliphatic rings. The van der Waals surface area contributed by atoms with E-state index >= 15 is 0 Å². The fraction of sp³-hybridized carbons (Fsp3) is 0.500. The first-order valence-corrected chi connectivity index (χ1v) is 7.82. The van der Waals surface area contributed by atoms with Crippen LogP contribution in [0, 0.1) is 0 Å². The van der Waals surface area contributed by atoms with Gasteiger partial charge in [-0.1, -0.05) is 6.92 Å². The van der Waals surface area contributed by atoms with Crippen molar-refractivity contribution in [2.75, 3.05) is 30.5 Å². The van der Waals surface area contributed by atoms with Crippen molar-refractivity contribution in [3.05, 3.63) is 18.2 Å². The first kappa shape index (κ1) is 14.1. The lowest BCUT2D eigenvalue weighted by molar-refractivity contribution is 0.0780. The largest absolute Gasteiger partial charge is 0.397 e. The molecule has 1 heterocycles. The molecule has 106 valence electrons. The van der Waals surface area contributed by atoms with Gasteiger partial charge in [0.15, 0.2) is 0 Å². The zero-order valence-corrected chi connectivity index (χ0v) is 11.7. The van der Waals surface area contributed by atoms with Crippen LogP contribution < -0.4 is 15.5 Å². The summed E-state index contributed by atoms with van der Waals surface area (Å²) in [4.78, 5) is 5.71. The minimum Gasteiger partial charge on any atom is -0.397 e. The van der Waals surface area contributed by atoms with E-state index in [-0.39, 0.29) is 4.90 Å². The Morgan fingerprint density at radius 1 is 1.42 bits per heavy atom. The third-order valence-corrected chi connectivity index (χ3v) is 4.46. The van der Waals surface area contributed by atoms with Crippen LogP contribution >= 0.6 is 0 Å². The predicted molar refractivity (Wildman–Crippen MR) is 74.2 cm³/mol. The topological polar surface area (TPSA) is 84.7 Å². The third kappa shape index (κ3) is 3.17. The molecule has 1 fully saturated rings. The maximum absolute atomic E-state index is 12.0. The summed E-state index contributed by atoms with van der Waals surface area (Å²) in [6.45, 7) is 3.43. The summed E-state index contributed by atoms with van der Waals surface area (Å²) >= 11 is 0. The lowest BCUT2D eigenvalue weighted by Gasteiger charge is -2.29. The van der Waals surface area contributed by atoms with E-state index in [0.717, 1.165) is 19.4 Å². The zero-order valence-electron chi connectivity index (χ0n) is 10.9. The van der Waals surface area contributed by atoms with Crippen LogP contribution in [-0.4, -0.2) is 28.1 Å². The van der Waals surface area contributed by atoms with Crippen LogP contribution in [0.5, 0.6) is 0 Å². The van der Waals surface area contributed by atoms with E-state index in [0.29, 0.717) is 24.5 Å². The number of sulfonamides is 1. The molecule has 0 radical (unpaired) electrons. The summed E-state index contributed by atoms with van der Waals surface area (Å²) in [5, 5.41) is 1.67. The van der Waals surface area contributed by atoms with Crippen LogP contribution in [0.3, 0.4) is 0 Å². The van der Waals surface area contributed by atoms with Crippen molar-refractivity contribution < 1.29 is 13.3 Å². The highest BCUT2D eigenvalue weighted by Crippen LogP contribution is 2.28. The van der Waals surface area contributed by atoms with Gasteiger partial charge >= 0.3 is 0 Å². The highest BCUT2D eigenvalue weighted by atomic mass is 32.2. The molecule has 0 amide bonds. The van der Waals surface area contributed by atoms with E-state index in [1.54, 1.807) is 24.1 Å². The van der Waals surface area contributed by atoms with Crippen LogP contribution in [0.15, 0.2) is 23.1 Å². The molecule has 3 N–H and O–H groups in total. The minimum absolute atomic E-state index is 0.202. The van der Waals surface area contributed by atoms with Gasteiger partial charge in [0.05, 0.1) is 22.9 Å². The fourth-order valence-corrected chi connectivity index (χ4v) is 3.03. The predicted octanol–water partition coefficient (Wildman–Crippen LogP) is 1.10. The molecule has 6 nitrogen and oxygen atoms in total. The van der Waals surface area contributed by atoms with Crippen LogP contribution in [-0.2, 0) is 14.9 Å². The zero-order chi connectivity index (χ0) is 13.9. The Labute approximate surface area is 113 Å². The van der Waals surface area contributed by atoms with Crippen molar-refractivity contribution in [2.45, 2.75) is 24.7 Å². The van der Waals surface area contributed by atoms with Crippen molar-refractivity contribution in [1.29, 1.82) is 0 Å². The molecule has 0 unspecified atom stereocenters. The van der Waals surface area contributed by atoms with Crippen LogP contribution in [0.2, 0.25) is 0 Å². The smallest absolute Gasteiger partial charge is 0.240 e. The van der Waals surface area contributed by atoms with Crippen LogP contribution in [0.25, 0.3) is 0 Å². The number of nitrogens with one attached hydrogen (secondary N) is 1. The van der Waals surface area contributed by atoms with E-state index in [2.05, 4.69) is 4.72 Å². The molecular formula is C12H19N3O3S. The summed E-state index contributed by atoms with van der Waals surface area (Å²) in [7, 11) is -3.48. The minimum atomic E-state index is -3.48. The number of hydroxylamine groups is 1. The van der Waals surface area contributed by atoms with Gasteiger partial charge in [0.1, 0.15) is 0 Å². The summed E-state index contributed by atoms with van der Waals surface area (Å²) in [6.07, 6.45) is 2.01. The number of anilines is 2. The first-order valence-electron chi connectivity index (χ1n) is 6.34. The van der Waals surface area contributed by atoms with Gasteiger partial charge in [-0.2, -0.15) is 0 Å². The molecule has 0 aromatic heterocycles. The number of benzene rings is 1. The molecule has 19 heavy (non-hydrogen) atoms. The van der Waals surface area contributed by atoms with Gasteiger partial charge in [-0.15, -0.1) is 0 Å². The Balaban J connectivity index is 2.34. The van der Waals surface area contributed by atoms with Gasteiger partial charge < -0.3 is 5.73 Å². The molecule has 2 rings (SSSR count). The van der Waals surface area contributed by atoms with Gasteiger partial charge in [0.25, 0.3) is 0 Å². The second-order valence-electron chi connectivity index (χ2n) is 4.36. The maximum atomic E-state index is 12.0. The number of hydrogen-bond acceptors (Lipinski definition) is 5. The molecule has 7 heteroatoms. The second-order valence-corrected chi connectivity index (χ2v) is 6.13. The van der Waals surface area contributed by atoms with Crippen LogP contribution in [0.1, 0.15) is 19.8 Å². The number of rotatable bonds is 4. The highest BCUT2D eigenvalue weighted by Gasteiger charge is 2.19. The molecule has 0 atom stereocenters. The molecule has 0 saturated carbocycles. The summed E-state index contributed by atoms with van der Waals surface area (Å²) in [6, 6.07) is 4.65. The van der Waals surface area contributed by atoms with E-state index in [1.165, 1.54) is 6.07 Å². The second kappa shape index (κ2) is 5.77. The molecule has 1 aromatic rings. The summed E-state index contributed by atoms with van der Waals surface area (Å²) < 4.78 is 26.4. The Morgan fingerprint density at radius 2 is 2.21 bits per heavy atom. The Kier molecular flexibility index (Phi) is 4.28. The highest BCUT2D eigenvalue weighted by molar-refractivity contribution is 7.89. The van der Waals surface area contributed by atoms with E-state index in [1.807, 2.05) is 0 Å². The molecule has 0 aliphatic carbocycles. The van der Waals surface area contributed by atoms with Gasteiger partial charge in [-0.05, 0) is 31.0 Å². The van der Waals surface area contributed by atoms with Crippen molar-refractivity contribution in [3.8, 4) is 0 Å². The Hall–Kier alpha value is -1.31. The average Bonchev–Trinajstić information content (AvgIpc) is 2.40. The SMILES string of the molecule is CCNS(=O)(=O)c1ccc(N)c(N2CCCCO2)c1. The van der Waals surface area contributed by atoms with Crippen molar-refractivity contribution in [1.82, 2.24) is 4.72 Å². The fourth-order valence-electron chi connectivity index (χ4n) is 1.97. The van der Waals surface area contributed by atoms with Crippen LogP contribution in [0.4, 0.5) is 11.4 Å². The monoisotopic (exact) mass is 285 g/mol. The standard InChI is InChI=1S/C12H19N3O3S/c1-2-14-19(16,17)10-5-6-11(13)12(9-10)15-7-3-4-8-18-15/h5-6,9,14H,2-4,7-8,13H2,1H3. The average molecular weight is 285 g/mol. The van der Waals surface area contributed by atoms with Crippen molar-refractivity contribution in [3.63, 3.8) is 0 Å². The molecule has 1 aliphatic heterocycles. The molecule has 0 bridgehead atoms. The number of nitrogen functional groups attached to an aromatic ring is 1. The lowest BCUT2D eigenvalue weighted by Crippen LogP contribution is -2.31. The van der Waals surface area contributed by atoms with E-state index in [4.69, 9.17) is 10.6 Å². The van der Waals surface area contributed by atoms with Crippen molar-refractivity contribution >= 4 is 21.4 Å². The van der Waals surface area contributed by atoms with Gasteiger partial charge in [-0.25, -0.2) is 13.1 Å². The van der Waals surface area contributed by atoms with Gasteiger partial charge in [0.2, 0.25) is 10.0 Å². The van der Waals surface area contributed by atoms with Gasteiger partial charge in [0, 0.05) is 13.1 Å². The summed E-state index contributed by atoms with van der Waals surface area (Å²) in [5.74, 6) is 0. The molecule has 0 spiro atoms. The molecule has 1 saturated heterocycles. The number of nitrogens with two attached hydrogens (primary N) is 1.